The maximum Gasteiger partial charge on any atom is 0.316 e. The van der Waals surface area contributed by atoms with Crippen molar-refractivity contribution < 1.29 is 14.3 Å². The molecule has 0 aliphatic carbocycles. The molecule has 1 heterocycles. The van der Waals surface area contributed by atoms with Crippen LogP contribution in [0, 0.1) is 13.8 Å². The van der Waals surface area contributed by atoms with Gasteiger partial charge in [0.15, 0.2) is 6.61 Å². The van der Waals surface area contributed by atoms with Crippen molar-refractivity contribution in [3.8, 4) is 0 Å². The second-order valence-corrected chi connectivity index (χ2v) is 7.68. The van der Waals surface area contributed by atoms with Gasteiger partial charge in [0.25, 0.3) is 5.91 Å². The first-order chi connectivity index (χ1) is 12.5. The number of esters is 1. The molecule has 3 rings (SSSR count). The second-order valence-electron chi connectivity index (χ2n) is 6.66. The molecule has 0 N–H and O–H groups in total. The monoisotopic (exact) mass is 369 g/mol. The summed E-state index contributed by atoms with van der Waals surface area (Å²) in [7, 11) is 0. The molecule has 1 aliphatic heterocycles. The molecular formula is C21H23NO3S. The van der Waals surface area contributed by atoms with Crippen LogP contribution in [-0.2, 0) is 20.7 Å². The van der Waals surface area contributed by atoms with Crippen LogP contribution in [0.2, 0.25) is 0 Å². The van der Waals surface area contributed by atoms with Gasteiger partial charge in [-0.25, -0.2) is 0 Å². The van der Waals surface area contributed by atoms with Crippen molar-refractivity contribution in [2.24, 2.45) is 0 Å². The quantitative estimate of drug-likeness (QED) is 0.592. The summed E-state index contributed by atoms with van der Waals surface area (Å²) in [6, 6.07) is 14.1. The lowest BCUT2D eigenvalue weighted by Crippen LogP contribution is -2.38. The van der Waals surface area contributed by atoms with Gasteiger partial charge in [0.1, 0.15) is 0 Å². The average Bonchev–Trinajstić information content (AvgIpc) is 2.94. The number of ether oxygens (including phenoxy) is 1. The number of anilines is 1. The molecule has 0 bridgehead atoms. The highest BCUT2D eigenvalue weighted by Crippen LogP contribution is 2.31. The maximum absolute atomic E-state index is 12.5. The van der Waals surface area contributed by atoms with Crippen molar-refractivity contribution in [2.45, 2.75) is 38.1 Å². The molecule has 0 spiro atoms. The minimum absolute atomic E-state index is 0.0863. The molecule has 4 nitrogen and oxygen atoms in total. The molecule has 1 atom stereocenters. The SMILES string of the molecule is Cc1ccc(SCC(=O)OCC(=O)N2c3ccccc3C[C@H]2C)c(C)c1. The minimum atomic E-state index is -0.372. The summed E-state index contributed by atoms with van der Waals surface area (Å²) < 4.78 is 5.21. The zero-order chi connectivity index (χ0) is 18.7. The van der Waals surface area contributed by atoms with Crippen molar-refractivity contribution in [1.82, 2.24) is 0 Å². The van der Waals surface area contributed by atoms with Crippen LogP contribution >= 0.6 is 11.8 Å². The highest BCUT2D eigenvalue weighted by molar-refractivity contribution is 8.00. The van der Waals surface area contributed by atoms with Gasteiger partial charge in [-0.05, 0) is 50.5 Å². The van der Waals surface area contributed by atoms with Gasteiger partial charge in [0.2, 0.25) is 0 Å². The molecule has 0 radical (unpaired) electrons. The van der Waals surface area contributed by atoms with Crippen LogP contribution in [0.1, 0.15) is 23.6 Å². The second kappa shape index (κ2) is 7.96. The fourth-order valence-corrected chi connectivity index (χ4v) is 4.10. The van der Waals surface area contributed by atoms with Crippen molar-refractivity contribution >= 4 is 29.3 Å². The number of carbonyl (C=O) groups excluding carboxylic acids is 2. The molecule has 0 saturated heterocycles. The fourth-order valence-electron chi connectivity index (χ4n) is 3.30. The lowest BCUT2D eigenvalue weighted by molar-refractivity contribution is -0.145. The zero-order valence-corrected chi connectivity index (χ0v) is 16.1. The van der Waals surface area contributed by atoms with E-state index in [4.69, 9.17) is 4.74 Å². The van der Waals surface area contributed by atoms with E-state index in [0.29, 0.717) is 0 Å². The van der Waals surface area contributed by atoms with Gasteiger partial charge >= 0.3 is 5.97 Å². The average molecular weight is 369 g/mol. The number of aryl methyl sites for hydroxylation is 2. The van der Waals surface area contributed by atoms with Crippen molar-refractivity contribution in [1.29, 1.82) is 0 Å². The van der Waals surface area contributed by atoms with Crippen molar-refractivity contribution in [2.75, 3.05) is 17.3 Å². The molecule has 1 aliphatic rings. The number of para-hydroxylation sites is 1. The molecule has 26 heavy (non-hydrogen) atoms. The molecule has 0 fully saturated rings. The summed E-state index contributed by atoms with van der Waals surface area (Å²) >= 11 is 1.44. The first-order valence-corrected chi connectivity index (χ1v) is 9.70. The summed E-state index contributed by atoms with van der Waals surface area (Å²) in [6.07, 6.45) is 0.832. The fraction of sp³-hybridized carbons (Fsp3) is 0.333. The Bertz CT molecular complexity index is 834. The summed E-state index contributed by atoms with van der Waals surface area (Å²) in [6.45, 7) is 5.86. The van der Waals surface area contributed by atoms with Gasteiger partial charge in [-0.2, -0.15) is 0 Å². The van der Waals surface area contributed by atoms with Crippen LogP contribution in [0.5, 0.6) is 0 Å². The van der Waals surface area contributed by atoms with Crippen LogP contribution in [0.15, 0.2) is 47.4 Å². The molecular weight excluding hydrogens is 346 g/mol. The van der Waals surface area contributed by atoms with Gasteiger partial charge in [0.05, 0.1) is 5.75 Å². The Morgan fingerprint density at radius 3 is 2.73 bits per heavy atom. The van der Waals surface area contributed by atoms with E-state index in [-0.39, 0.29) is 30.3 Å². The number of fused-ring (bicyclic) bond motifs is 1. The minimum Gasteiger partial charge on any atom is -0.455 e. The Morgan fingerprint density at radius 1 is 1.19 bits per heavy atom. The highest BCUT2D eigenvalue weighted by atomic mass is 32.2. The largest absolute Gasteiger partial charge is 0.455 e. The number of carbonyl (C=O) groups is 2. The summed E-state index contributed by atoms with van der Waals surface area (Å²) in [5, 5.41) is 0. The van der Waals surface area contributed by atoms with E-state index in [9.17, 15) is 9.59 Å². The smallest absolute Gasteiger partial charge is 0.316 e. The first kappa shape index (κ1) is 18.5. The van der Waals surface area contributed by atoms with Crippen molar-refractivity contribution in [3.05, 3.63) is 59.2 Å². The summed E-state index contributed by atoms with van der Waals surface area (Å²) in [5.41, 5.74) is 4.41. The number of hydrogen-bond acceptors (Lipinski definition) is 4. The molecule has 2 aromatic rings. The molecule has 136 valence electrons. The predicted octanol–water partition coefficient (Wildman–Crippen LogP) is 3.92. The zero-order valence-electron chi connectivity index (χ0n) is 15.3. The Labute approximate surface area is 158 Å². The number of hydrogen-bond donors (Lipinski definition) is 0. The van der Waals surface area contributed by atoms with Crippen LogP contribution in [0.3, 0.4) is 0 Å². The number of rotatable bonds is 5. The van der Waals surface area contributed by atoms with E-state index in [1.54, 1.807) is 4.90 Å². The topological polar surface area (TPSA) is 46.6 Å². The van der Waals surface area contributed by atoms with E-state index in [0.717, 1.165) is 28.1 Å². The normalized spacial score (nSPS) is 15.7. The number of nitrogens with zero attached hydrogens (tertiary/aromatic N) is 1. The molecule has 5 heteroatoms. The third kappa shape index (κ3) is 4.10. The Hall–Kier alpha value is -2.27. The maximum atomic E-state index is 12.5. The lowest BCUT2D eigenvalue weighted by Gasteiger charge is -2.22. The third-order valence-corrected chi connectivity index (χ3v) is 5.66. The molecule has 2 aromatic carbocycles. The third-order valence-electron chi connectivity index (χ3n) is 4.51. The van der Waals surface area contributed by atoms with E-state index < -0.39 is 0 Å². The molecule has 0 saturated carbocycles. The van der Waals surface area contributed by atoms with E-state index >= 15 is 0 Å². The van der Waals surface area contributed by atoms with Gasteiger partial charge < -0.3 is 9.64 Å². The number of benzene rings is 2. The highest BCUT2D eigenvalue weighted by Gasteiger charge is 2.30. The van der Waals surface area contributed by atoms with Gasteiger partial charge in [-0.3, -0.25) is 9.59 Å². The van der Waals surface area contributed by atoms with E-state index in [1.165, 1.54) is 17.3 Å². The van der Waals surface area contributed by atoms with Gasteiger partial charge in [-0.1, -0.05) is 35.9 Å². The number of amides is 1. The molecule has 0 unspecified atom stereocenters. The summed E-state index contributed by atoms with van der Waals surface area (Å²) in [4.78, 5) is 27.4. The first-order valence-electron chi connectivity index (χ1n) is 8.71. The van der Waals surface area contributed by atoms with E-state index in [1.807, 2.05) is 57.2 Å². The van der Waals surface area contributed by atoms with Gasteiger partial charge in [0, 0.05) is 16.6 Å². The molecule has 1 amide bonds. The molecule has 0 aromatic heterocycles. The Balaban J connectivity index is 1.52. The van der Waals surface area contributed by atoms with Crippen LogP contribution < -0.4 is 4.90 Å². The Morgan fingerprint density at radius 2 is 1.96 bits per heavy atom. The van der Waals surface area contributed by atoms with Gasteiger partial charge in [-0.15, -0.1) is 11.8 Å². The van der Waals surface area contributed by atoms with Crippen LogP contribution in [0.4, 0.5) is 5.69 Å². The standard InChI is InChI=1S/C21H23NO3S/c1-14-8-9-19(15(2)10-14)26-13-21(24)25-12-20(23)22-16(3)11-17-6-4-5-7-18(17)22/h4-10,16H,11-13H2,1-3H3/t16-/m1/s1. The predicted molar refractivity (Wildman–Crippen MR) is 105 cm³/mol. The number of thioether (sulfide) groups is 1. The Kier molecular flexibility index (Phi) is 5.67. The van der Waals surface area contributed by atoms with Crippen LogP contribution in [-0.4, -0.2) is 30.3 Å². The van der Waals surface area contributed by atoms with E-state index in [2.05, 4.69) is 6.07 Å². The van der Waals surface area contributed by atoms with Crippen LogP contribution in [0.25, 0.3) is 0 Å². The lowest BCUT2D eigenvalue weighted by atomic mass is 10.1. The van der Waals surface area contributed by atoms with Crippen molar-refractivity contribution in [3.63, 3.8) is 0 Å². The summed E-state index contributed by atoms with van der Waals surface area (Å²) in [5.74, 6) is -0.348.